The van der Waals surface area contributed by atoms with Crippen LogP contribution in [0.5, 0.6) is 11.5 Å². The van der Waals surface area contributed by atoms with Gasteiger partial charge in [-0.05, 0) is 61.0 Å². The van der Waals surface area contributed by atoms with E-state index >= 15 is 0 Å². The first-order chi connectivity index (χ1) is 22.6. The zero-order valence-corrected chi connectivity index (χ0v) is 27.5. The van der Waals surface area contributed by atoms with Crippen molar-refractivity contribution in [1.82, 2.24) is 14.4 Å². The number of nitrogens with zero attached hydrogens (tertiary/aromatic N) is 3. The van der Waals surface area contributed by atoms with Crippen LogP contribution < -0.4 is 20.1 Å². The molecule has 1 aromatic heterocycles. The molecule has 0 saturated heterocycles. The average Bonchev–Trinajstić information content (AvgIpc) is 3.39. The number of carbonyl (C=O) groups excluding carboxylic acids is 3. The first-order valence-electron chi connectivity index (χ1n) is 15.7. The van der Waals surface area contributed by atoms with Gasteiger partial charge >= 0.3 is 6.03 Å². The van der Waals surface area contributed by atoms with E-state index in [1.54, 1.807) is 73.3 Å². The summed E-state index contributed by atoms with van der Waals surface area (Å²) >= 11 is 0. The Morgan fingerprint density at radius 3 is 2.53 bits per heavy atom. The number of methoxy groups -OCH3 is 1. The number of carbonyl (C=O) groups is 3. The molecule has 248 valence electrons. The van der Waals surface area contributed by atoms with Crippen molar-refractivity contribution in [2.45, 2.75) is 38.8 Å². The number of urea groups is 1. The van der Waals surface area contributed by atoms with E-state index in [0.717, 1.165) is 16.5 Å². The summed E-state index contributed by atoms with van der Waals surface area (Å²) < 4.78 is 13.8. The van der Waals surface area contributed by atoms with Gasteiger partial charge in [0.2, 0.25) is 11.8 Å². The van der Waals surface area contributed by atoms with Crippen molar-refractivity contribution < 1.29 is 29.0 Å². The van der Waals surface area contributed by atoms with Crippen LogP contribution in [0.4, 0.5) is 16.2 Å². The van der Waals surface area contributed by atoms with Crippen molar-refractivity contribution in [3.05, 3.63) is 84.1 Å². The number of para-hydroxylation sites is 1. The Balaban J connectivity index is 1.35. The molecule has 47 heavy (non-hydrogen) atoms. The fraction of sp³-hybridized carbons (Fsp3) is 0.361. The number of hydrogen-bond acceptors (Lipinski definition) is 6. The third-order valence-corrected chi connectivity index (χ3v) is 8.67. The summed E-state index contributed by atoms with van der Waals surface area (Å²) in [6.45, 7) is 4.16. The summed E-state index contributed by atoms with van der Waals surface area (Å²) in [7, 11) is 5.23. The largest absolute Gasteiger partial charge is 0.497 e. The molecule has 0 spiro atoms. The summed E-state index contributed by atoms with van der Waals surface area (Å²) in [5.74, 6) is 0.670. The van der Waals surface area contributed by atoms with Crippen molar-refractivity contribution >= 4 is 40.1 Å². The minimum Gasteiger partial charge on any atom is -0.497 e. The highest BCUT2D eigenvalue weighted by atomic mass is 16.5. The van der Waals surface area contributed by atoms with Crippen LogP contribution in [0.1, 0.15) is 25.0 Å². The van der Waals surface area contributed by atoms with Gasteiger partial charge in [-0.2, -0.15) is 0 Å². The van der Waals surface area contributed by atoms with Gasteiger partial charge in [-0.1, -0.05) is 25.1 Å². The maximum Gasteiger partial charge on any atom is 0.321 e. The van der Waals surface area contributed by atoms with Gasteiger partial charge in [0.05, 0.1) is 39.1 Å². The number of nitrogens with one attached hydrogen (secondary N) is 2. The molecule has 4 aromatic rings. The van der Waals surface area contributed by atoms with Gasteiger partial charge < -0.3 is 39.6 Å². The van der Waals surface area contributed by atoms with Crippen LogP contribution in [0.3, 0.4) is 0 Å². The smallest absolute Gasteiger partial charge is 0.321 e. The van der Waals surface area contributed by atoms with Gasteiger partial charge in [0.25, 0.3) is 0 Å². The second-order valence-corrected chi connectivity index (χ2v) is 12.3. The number of amides is 4. The van der Waals surface area contributed by atoms with Gasteiger partial charge in [-0.25, -0.2) is 4.79 Å². The highest BCUT2D eigenvalue weighted by Gasteiger charge is 2.32. The molecule has 1 aliphatic rings. The van der Waals surface area contributed by atoms with Crippen LogP contribution in [0.2, 0.25) is 0 Å². The Morgan fingerprint density at radius 1 is 1.09 bits per heavy atom. The van der Waals surface area contributed by atoms with Gasteiger partial charge in [0.1, 0.15) is 17.6 Å². The SMILES string of the molecule is COc1ccc(NC(=O)N(C)C[C@H]2Oc3ccc(NC(=O)Cc4cn(C)c5ccccc45)cc3CC(=O)N([C@H](C)CO)C[C@@H]2C)cc1. The highest BCUT2D eigenvalue weighted by molar-refractivity contribution is 5.96. The molecule has 0 radical (unpaired) electrons. The van der Waals surface area contributed by atoms with Crippen LogP contribution in [-0.2, 0) is 29.5 Å². The van der Waals surface area contributed by atoms with Crippen LogP contribution in [0, 0.1) is 5.92 Å². The molecular weight excluding hydrogens is 598 g/mol. The summed E-state index contributed by atoms with van der Waals surface area (Å²) in [5.41, 5.74) is 3.76. The second-order valence-electron chi connectivity index (χ2n) is 12.3. The Labute approximate surface area is 275 Å². The summed E-state index contributed by atoms with van der Waals surface area (Å²) in [4.78, 5) is 43.1. The molecule has 0 unspecified atom stereocenters. The summed E-state index contributed by atoms with van der Waals surface area (Å²) in [6, 6.07) is 19.6. The van der Waals surface area contributed by atoms with Crippen LogP contribution in [0.15, 0.2) is 72.9 Å². The standard InChI is InChI=1S/C36H43N5O6/c1-23-19-41(24(2)22-42)35(44)18-25-16-28(37-34(43)17-26-20-39(3)31-9-7-6-8-30(26)31)12-15-32(25)47-33(23)21-40(4)36(45)38-27-10-13-29(46-5)14-11-27/h6-16,20,23-24,33,42H,17-19,21-22H2,1-5H3,(H,37,43)(H,38,45)/t23-,24+,33+/m0/s1. The van der Waals surface area contributed by atoms with Crippen molar-refractivity contribution in [3.63, 3.8) is 0 Å². The number of aliphatic hydroxyl groups is 1. The number of rotatable bonds is 9. The highest BCUT2D eigenvalue weighted by Crippen LogP contribution is 2.30. The van der Waals surface area contributed by atoms with E-state index in [2.05, 4.69) is 10.6 Å². The first kappa shape index (κ1) is 33.3. The third-order valence-electron chi connectivity index (χ3n) is 8.67. The van der Waals surface area contributed by atoms with E-state index in [1.807, 2.05) is 49.0 Å². The fourth-order valence-electron chi connectivity index (χ4n) is 5.92. The predicted octanol–water partition coefficient (Wildman–Crippen LogP) is 4.68. The van der Waals surface area contributed by atoms with Crippen LogP contribution in [0.25, 0.3) is 10.9 Å². The zero-order valence-electron chi connectivity index (χ0n) is 27.5. The van der Waals surface area contributed by atoms with Gasteiger partial charge in [-0.3, -0.25) is 9.59 Å². The zero-order chi connectivity index (χ0) is 33.7. The second kappa shape index (κ2) is 14.6. The average molecular weight is 642 g/mol. The molecule has 3 N–H and O–H groups in total. The van der Waals surface area contributed by atoms with Crippen molar-refractivity contribution in [2.24, 2.45) is 13.0 Å². The number of likely N-dealkylation sites (N-methyl/N-ethyl adjacent to an activating group) is 1. The van der Waals surface area contributed by atoms with E-state index < -0.39 is 12.1 Å². The molecule has 11 heteroatoms. The van der Waals surface area contributed by atoms with Crippen LogP contribution in [-0.4, -0.2) is 83.3 Å². The molecule has 0 saturated carbocycles. The molecule has 2 heterocycles. The number of anilines is 2. The molecule has 3 atom stereocenters. The minimum absolute atomic E-state index is 0.0277. The number of aromatic nitrogens is 1. The van der Waals surface area contributed by atoms with Crippen LogP contribution >= 0.6 is 0 Å². The van der Waals surface area contributed by atoms with Gasteiger partial charge in [0, 0.05) is 60.6 Å². The maximum atomic E-state index is 13.6. The lowest BCUT2D eigenvalue weighted by atomic mass is 10.0. The van der Waals surface area contributed by atoms with Crippen molar-refractivity contribution in [1.29, 1.82) is 0 Å². The normalized spacial score (nSPS) is 17.1. The number of aryl methyl sites for hydroxylation is 1. The Morgan fingerprint density at radius 2 is 1.81 bits per heavy atom. The predicted molar refractivity (Wildman–Crippen MR) is 182 cm³/mol. The maximum absolute atomic E-state index is 13.6. The lowest BCUT2D eigenvalue weighted by Crippen LogP contribution is -2.48. The molecule has 0 bridgehead atoms. The van der Waals surface area contributed by atoms with E-state index in [1.165, 1.54) is 0 Å². The topological polar surface area (TPSA) is 125 Å². The Hall–Kier alpha value is -5.03. The van der Waals surface area contributed by atoms with E-state index in [4.69, 9.17) is 9.47 Å². The summed E-state index contributed by atoms with van der Waals surface area (Å²) in [6.07, 6.45) is 1.71. The summed E-state index contributed by atoms with van der Waals surface area (Å²) in [5, 5.41) is 16.9. The Bertz CT molecular complexity index is 1740. The van der Waals surface area contributed by atoms with Crippen molar-refractivity contribution in [3.8, 4) is 11.5 Å². The fourth-order valence-corrected chi connectivity index (χ4v) is 5.92. The number of ether oxygens (including phenoxy) is 2. The van der Waals surface area contributed by atoms with E-state index in [0.29, 0.717) is 35.0 Å². The van der Waals surface area contributed by atoms with Gasteiger partial charge in [-0.15, -0.1) is 0 Å². The number of fused-ring (bicyclic) bond motifs is 2. The molecule has 4 amide bonds. The van der Waals surface area contributed by atoms with Crippen molar-refractivity contribution in [2.75, 3.05) is 44.5 Å². The van der Waals surface area contributed by atoms with E-state index in [9.17, 15) is 19.5 Å². The number of benzene rings is 3. The molecule has 1 aliphatic heterocycles. The lowest BCUT2D eigenvalue weighted by Gasteiger charge is -2.34. The molecule has 11 nitrogen and oxygen atoms in total. The first-order valence-corrected chi connectivity index (χ1v) is 15.7. The van der Waals surface area contributed by atoms with Gasteiger partial charge in [0.15, 0.2) is 0 Å². The minimum atomic E-state index is -0.480. The molecule has 0 fully saturated rings. The Kier molecular flexibility index (Phi) is 10.4. The monoisotopic (exact) mass is 641 g/mol. The quantitative estimate of drug-likeness (QED) is 0.244. The molecule has 5 rings (SSSR count). The number of aliphatic hydroxyl groups excluding tert-OH is 1. The lowest BCUT2D eigenvalue weighted by molar-refractivity contribution is -0.134. The molecular formula is C36H43N5O6. The van der Waals surface area contributed by atoms with E-state index in [-0.39, 0.29) is 49.8 Å². The number of hydrogen-bond donors (Lipinski definition) is 3. The third kappa shape index (κ3) is 7.86. The molecule has 3 aromatic carbocycles. The molecule has 0 aliphatic carbocycles.